The van der Waals surface area contributed by atoms with Crippen LogP contribution in [0.25, 0.3) is 0 Å². The Kier molecular flexibility index (Phi) is 5.51. The minimum absolute atomic E-state index is 0.119. The largest absolute Gasteiger partial charge is 0.207 e. The van der Waals surface area contributed by atoms with E-state index < -0.39 is 0 Å². The third-order valence-corrected chi connectivity index (χ3v) is 3.45. The van der Waals surface area contributed by atoms with E-state index in [1.54, 1.807) is 12.1 Å². The first-order chi connectivity index (χ1) is 7.63. The number of hydrogen-bond donors (Lipinski definition) is 0. The zero-order valence-corrected chi connectivity index (χ0v) is 10.7. The van der Waals surface area contributed by atoms with E-state index in [0.717, 1.165) is 17.9 Å². The van der Waals surface area contributed by atoms with Crippen LogP contribution in [0.1, 0.15) is 57.9 Å². The maximum Gasteiger partial charge on any atom is 0.123 e. The first-order valence-corrected chi connectivity index (χ1v) is 6.39. The van der Waals surface area contributed by atoms with Gasteiger partial charge in [0.2, 0.25) is 0 Å². The Morgan fingerprint density at radius 3 is 2.56 bits per heavy atom. The third-order valence-electron chi connectivity index (χ3n) is 3.45. The van der Waals surface area contributed by atoms with Gasteiger partial charge in [-0.3, -0.25) is 0 Å². The SMILES string of the molecule is CC[C@H](C)CCC[C@H](C)c1cccc(F)c1. The first-order valence-electron chi connectivity index (χ1n) is 6.39. The lowest BCUT2D eigenvalue weighted by Gasteiger charge is -2.13. The molecule has 1 heteroatoms. The molecule has 0 N–H and O–H groups in total. The molecule has 90 valence electrons. The van der Waals surface area contributed by atoms with E-state index in [9.17, 15) is 4.39 Å². The van der Waals surface area contributed by atoms with Crippen molar-refractivity contribution in [3.05, 3.63) is 35.6 Å². The van der Waals surface area contributed by atoms with Crippen molar-refractivity contribution in [2.24, 2.45) is 5.92 Å². The lowest BCUT2D eigenvalue weighted by atomic mass is 9.92. The molecular weight excluding hydrogens is 199 g/mol. The summed E-state index contributed by atoms with van der Waals surface area (Å²) in [5.41, 5.74) is 1.13. The van der Waals surface area contributed by atoms with Crippen molar-refractivity contribution >= 4 is 0 Å². The summed E-state index contributed by atoms with van der Waals surface area (Å²) in [6.45, 7) is 6.72. The van der Waals surface area contributed by atoms with Crippen LogP contribution in [0.5, 0.6) is 0 Å². The van der Waals surface area contributed by atoms with Crippen molar-refractivity contribution in [2.75, 3.05) is 0 Å². The Morgan fingerprint density at radius 2 is 1.94 bits per heavy atom. The van der Waals surface area contributed by atoms with Crippen molar-refractivity contribution < 1.29 is 4.39 Å². The molecule has 0 aliphatic carbocycles. The highest BCUT2D eigenvalue weighted by atomic mass is 19.1. The molecule has 1 rings (SSSR count). The average molecular weight is 222 g/mol. The second-order valence-electron chi connectivity index (χ2n) is 4.90. The first kappa shape index (κ1) is 13.2. The topological polar surface area (TPSA) is 0 Å². The second kappa shape index (κ2) is 6.67. The summed E-state index contributed by atoms with van der Waals surface area (Å²) in [7, 11) is 0. The van der Waals surface area contributed by atoms with Gasteiger partial charge in [-0.1, -0.05) is 52.2 Å². The standard InChI is InChI=1S/C15H23F/c1-4-12(2)7-5-8-13(3)14-9-6-10-15(16)11-14/h6,9-13H,4-5,7-8H2,1-3H3/t12-,13-/m0/s1. The normalized spacial score (nSPS) is 14.8. The summed E-state index contributed by atoms with van der Waals surface area (Å²) < 4.78 is 13.0. The number of halogens is 1. The summed E-state index contributed by atoms with van der Waals surface area (Å²) in [5.74, 6) is 1.17. The molecule has 1 aromatic carbocycles. The molecular formula is C15H23F. The molecule has 0 nitrogen and oxygen atoms in total. The Morgan fingerprint density at radius 1 is 1.19 bits per heavy atom. The third kappa shape index (κ3) is 4.34. The molecule has 0 aromatic heterocycles. The van der Waals surface area contributed by atoms with E-state index in [2.05, 4.69) is 20.8 Å². The smallest absolute Gasteiger partial charge is 0.123 e. The molecule has 0 aliphatic heterocycles. The Hall–Kier alpha value is -0.850. The Bertz CT molecular complexity index is 306. The Labute approximate surface area is 98.9 Å². The molecule has 0 radical (unpaired) electrons. The van der Waals surface area contributed by atoms with Crippen LogP contribution in [0.2, 0.25) is 0 Å². The molecule has 0 unspecified atom stereocenters. The van der Waals surface area contributed by atoms with Crippen molar-refractivity contribution in [1.82, 2.24) is 0 Å². The van der Waals surface area contributed by atoms with E-state index in [4.69, 9.17) is 0 Å². The predicted molar refractivity (Wildman–Crippen MR) is 68.1 cm³/mol. The van der Waals surface area contributed by atoms with Crippen molar-refractivity contribution in [1.29, 1.82) is 0 Å². The molecule has 0 heterocycles. The number of rotatable bonds is 6. The fourth-order valence-corrected chi connectivity index (χ4v) is 1.96. The van der Waals surface area contributed by atoms with Crippen molar-refractivity contribution in [3.63, 3.8) is 0 Å². The second-order valence-corrected chi connectivity index (χ2v) is 4.90. The van der Waals surface area contributed by atoms with Gasteiger partial charge in [0.25, 0.3) is 0 Å². The van der Waals surface area contributed by atoms with Crippen LogP contribution in [0.3, 0.4) is 0 Å². The quantitative estimate of drug-likeness (QED) is 0.624. The van der Waals surface area contributed by atoms with Gasteiger partial charge in [-0.05, 0) is 36.0 Å². The molecule has 0 fully saturated rings. The fourth-order valence-electron chi connectivity index (χ4n) is 1.96. The minimum Gasteiger partial charge on any atom is -0.207 e. The lowest BCUT2D eigenvalue weighted by Crippen LogP contribution is -1.97. The monoisotopic (exact) mass is 222 g/mol. The van der Waals surface area contributed by atoms with Gasteiger partial charge in [0.15, 0.2) is 0 Å². The van der Waals surface area contributed by atoms with Crippen LogP contribution in [0, 0.1) is 11.7 Å². The van der Waals surface area contributed by atoms with Crippen LogP contribution in [-0.2, 0) is 0 Å². The van der Waals surface area contributed by atoms with Gasteiger partial charge in [-0.15, -0.1) is 0 Å². The van der Waals surface area contributed by atoms with E-state index in [1.165, 1.54) is 25.3 Å². The van der Waals surface area contributed by atoms with E-state index in [1.807, 2.05) is 6.07 Å². The number of benzene rings is 1. The zero-order valence-electron chi connectivity index (χ0n) is 10.7. The highest BCUT2D eigenvalue weighted by Gasteiger charge is 2.07. The zero-order chi connectivity index (χ0) is 12.0. The molecule has 0 bridgehead atoms. The molecule has 0 amide bonds. The highest BCUT2D eigenvalue weighted by Crippen LogP contribution is 2.23. The summed E-state index contributed by atoms with van der Waals surface area (Å²) >= 11 is 0. The maximum absolute atomic E-state index is 13.0. The molecule has 0 saturated carbocycles. The van der Waals surface area contributed by atoms with Gasteiger partial charge in [-0.25, -0.2) is 4.39 Å². The predicted octanol–water partition coefficient (Wildman–Crippen LogP) is 5.15. The van der Waals surface area contributed by atoms with E-state index >= 15 is 0 Å². The van der Waals surface area contributed by atoms with Crippen LogP contribution >= 0.6 is 0 Å². The van der Waals surface area contributed by atoms with Crippen LogP contribution in [0.15, 0.2) is 24.3 Å². The summed E-state index contributed by atoms with van der Waals surface area (Å²) in [6, 6.07) is 7.00. The highest BCUT2D eigenvalue weighted by molar-refractivity contribution is 5.19. The summed E-state index contributed by atoms with van der Waals surface area (Å²) in [4.78, 5) is 0. The van der Waals surface area contributed by atoms with Gasteiger partial charge in [0.1, 0.15) is 5.82 Å². The van der Waals surface area contributed by atoms with Gasteiger partial charge in [0, 0.05) is 0 Å². The maximum atomic E-state index is 13.0. The fraction of sp³-hybridized carbons (Fsp3) is 0.600. The van der Waals surface area contributed by atoms with Crippen LogP contribution in [-0.4, -0.2) is 0 Å². The molecule has 1 aromatic rings. The van der Waals surface area contributed by atoms with Crippen LogP contribution in [0.4, 0.5) is 4.39 Å². The van der Waals surface area contributed by atoms with E-state index in [0.29, 0.717) is 5.92 Å². The lowest BCUT2D eigenvalue weighted by molar-refractivity contribution is 0.469. The summed E-state index contributed by atoms with van der Waals surface area (Å²) in [6.07, 6.45) is 4.95. The molecule has 0 aliphatic rings. The van der Waals surface area contributed by atoms with Crippen molar-refractivity contribution in [2.45, 2.75) is 52.4 Å². The number of hydrogen-bond acceptors (Lipinski definition) is 0. The van der Waals surface area contributed by atoms with E-state index in [-0.39, 0.29) is 5.82 Å². The molecule has 16 heavy (non-hydrogen) atoms. The van der Waals surface area contributed by atoms with Gasteiger partial charge < -0.3 is 0 Å². The van der Waals surface area contributed by atoms with Crippen molar-refractivity contribution in [3.8, 4) is 0 Å². The minimum atomic E-state index is -0.119. The Balaban J connectivity index is 2.38. The summed E-state index contributed by atoms with van der Waals surface area (Å²) in [5, 5.41) is 0. The van der Waals surface area contributed by atoms with Crippen LogP contribution < -0.4 is 0 Å². The van der Waals surface area contributed by atoms with Gasteiger partial charge in [0.05, 0.1) is 0 Å². The molecule has 0 spiro atoms. The molecule has 0 saturated heterocycles. The molecule has 2 atom stereocenters. The average Bonchev–Trinajstić information content (AvgIpc) is 2.28. The van der Waals surface area contributed by atoms with Gasteiger partial charge in [-0.2, -0.15) is 0 Å². The van der Waals surface area contributed by atoms with Gasteiger partial charge >= 0.3 is 0 Å².